The maximum Gasteiger partial charge on any atom is 1.00 e. The van der Waals surface area contributed by atoms with E-state index in [1.54, 1.807) is 0 Å². The van der Waals surface area contributed by atoms with Gasteiger partial charge in [-0.1, -0.05) is 6.08 Å². The smallest absolute Gasteiger partial charge is 0.744 e. The molecule has 0 spiro atoms. The Labute approximate surface area is 60.7 Å². The molecule has 0 N–H and O–H groups in total. The Morgan fingerprint density at radius 1 is 1.50 bits per heavy atom. The van der Waals surface area contributed by atoms with E-state index in [1.807, 2.05) is 0 Å². The van der Waals surface area contributed by atoms with Gasteiger partial charge in [0.1, 0.15) is 10.1 Å². The Morgan fingerprint density at radius 2 is 1.88 bits per heavy atom. The predicted molar refractivity (Wildman–Crippen MR) is 24.5 cm³/mol. The Bertz CT molecular complexity index is 157. The zero-order valence-electron chi connectivity index (χ0n) is 4.79. The summed E-state index contributed by atoms with van der Waals surface area (Å²) in [6.45, 7) is 1.47. The average molecular weight is 128 g/mol. The van der Waals surface area contributed by atoms with Crippen molar-refractivity contribution < 1.29 is 31.8 Å². The molecule has 0 rings (SSSR count). The Balaban J connectivity index is 0. The molecule has 0 aliphatic carbocycles. The van der Waals surface area contributed by atoms with Crippen LogP contribution in [0.1, 0.15) is 6.92 Å². The summed E-state index contributed by atoms with van der Waals surface area (Å²) >= 11 is 0. The minimum Gasteiger partial charge on any atom is -0.744 e. The minimum absolute atomic E-state index is 0. The van der Waals surface area contributed by atoms with E-state index in [0.29, 0.717) is 5.41 Å². The minimum atomic E-state index is -4.10. The van der Waals surface area contributed by atoms with Crippen molar-refractivity contribution in [2.75, 3.05) is 0 Å². The first-order valence-electron chi connectivity index (χ1n) is 1.65. The molecular formula is C3H5LiO3S. The van der Waals surface area contributed by atoms with Gasteiger partial charge >= 0.3 is 18.9 Å². The summed E-state index contributed by atoms with van der Waals surface area (Å²) in [5, 5.41) is 0.604. The first-order chi connectivity index (χ1) is 3.06. The van der Waals surface area contributed by atoms with E-state index in [4.69, 9.17) is 0 Å². The third-order valence-electron chi connectivity index (χ3n) is 0.303. The van der Waals surface area contributed by atoms with E-state index in [0.717, 1.165) is 0 Å². The van der Waals surface area contributed by atoms with Gasteiger partial charge < -0.3 is 4.55 Å². The predicted octanol–water partition coefficient (Wildman–Crippen LogP) is -2.93. The van der Waals surface area contributed by atoms with Crippen molar-refractivity contribution in [1.82, 2.24) is 0 Å². The van der Waals surface area contributed by atoms with Gasteiger partial charge in [-0.15, -0.1) is 0 Å². The molecule has 0 saturated carbocycles. The van der Waals surface area contributed by atoms with Gasteiger partial charge in [0.05, 0.1) is 0 Å². The van der Waals surface area contributed by atoms with Crippen LogP contribution in [0.2, 0.25) is 0 Å². The number of hydrogen-bond donors (Lipinski definition) is 0. The molecule has 0 aliphatic rings. The van der Waals surface area contributed by atoms with Gasteiger partial charge in [0, 0.05) is 5.41 Å². The van der Waals surface area contributed by atoms with Crippen LogP contribution in [0.4, 0.5) is 0 Å². The largest absolute Gasteiger partial charge is 1.00 e. The summed E-state index contributed by atoms with van der Waals surface area (Å²) in [4.78, 5) is 0. The maximum atomic E-state index is 9.59. The first-order valence-corrected chi connectivity index (χ1v) is 3.12. The second kappa shape index (κ2) is 4.16. The molecule has 0 aromatic heterocycles. The van der Waals surface area contributed by atoms with Crippen LogP contribution in [-0.4, -0.2) is 13.0 Å². The van der Waals surface area contributed by atoms with E-state index in [1.165, 1.54) is 13.0 Å². The molecule has 0 atom stereocenters. The molecule has 0 aromatic rings. The van der Waals surface area contributed by atoms with Crippen molar-refractivity contribution in [3.8, 4) is 0 Å². The zero-order chi connectivity index (χ0) is 5.91. The molecule has 0 aromatic carbocycles. The van der Waals surface area contributed by atoms with Crippen LogP contribution in [0.5, 0.6) is 0 Å². The quantitative estimate of drug-likeness (QED) is 0.280. The Kier molecular flexibility index (Phi) is 5.77. The standard InChI is InChI=1S/C3H6O3S.Li/c1-2-3-7(4,5)6;/h2-3H,1H3,(H,4,5,6);/q;+1/p-1. The number of hydrogen-bond acceptors (Lipinski definition) is 3. The van der Waals surface area contributed by atoms with Crippen LogP contribution in [0.25, 0.3) is 0 Å². The van der Waals surface area contributed by atoms with Crippen LogP contribution in [0, 0.1) is 0 Å². The summed E-state index contributed by atoms with van der Waals surface area (Å²) in [6.07, 6.45) is 1.18. The number of allylic oxidation sites excluding steroid dienone is 1. The molecule has 0 fully saturated rings. The van der Waals surface area contributed by atoms with E-state index in [2.05, 4.69) is 0 Å². The van der Waals surface area contributed by atoms with Crippen molar-refractivity contribution in [3.63, 3.8) is 0 Å². The van der Waals surface area contributed by atoms with E-state index < -0.39 is 10.1 Å². The second-order valence-corrected chi connectivity index (χ2v) is 2.22. The van der Waals surface area contributed by atoms with Gasteiger partial charge in [0.15, 0.2) is 0 Å². The molecular weight excluding hydrogens is 123 g/mol. The fourth-order valence-electron chi connectivity index (χ4n) is 0.167. The molecule has 3 nitrogen and oxygen atoms in total. The molecule has 0 aliphatic heterocycles. The van der Waals surface area contributed by atoms with Crippen LogP contribution in [-0.2, 0) is 10.1 Å². The normalized spacial score (nSPS) is 11.2. The Hall–Kier alpha value is 0.247. The van der Waals surface area contributed by atoms with Gasteiger partial charge in [-0.25, -0.2) is 8.42 Å². The van der Waals surface area contributed by atoms with Crippen molar-refractivity contribution in [2.45, 2.75) is 6.92 Å². The SMILES string of the molecule is CC=CS(=O)(=O)[O-].[Li+]. The third kappa shape index (κ3) is 9.54. The van der Waals surface area contributed by atoms with Gasteiger partial charge in [-0.2, -0.15) is 0 Å². The monoisotopic (exact) mass is 128 g/mol. The molecule has 5 heteroatoms. The molecule has 0 radical (unpaired) electrons. The summed E-state index contributed by atoms with van der Waals surface area (Å²) in [7, 11) is -4.10. The average Bonchev–Trinajstić information content (AvgIpc) is 1.30. The molecule has 0 unspecified atom stereocenters. The fraction of sp³-hybridized carbons (Fsp3) is 0.333. The Morgan fingerprint density at radius 3 is 1.88 bits per heavy atom. The van der Waals surface area contributed by atoms with Crippen molar-refractivity contribution >= 4 is 10.1 Å². The zero-order valence-corrected chi connectivity index (χ0v) is 5.60. The van der Waals surface area contributed by atoms with E-state index in [9.17, 15) is 13.0 Å². The summed E-state index contributed by atoms with van der Waals surface area (Å²) in [5.74, 6) is 0. The van der Waals surface area contributed by atoms with Crippen LogP contribution >= 0.6 is 0 Å². The number of rotatable bonds is 1. The van der Waals surface area contributed by atoms with E-state index >= 15 is 0 Å². The van der Waals surface area contributed by atoms with E-state index in [-0.39, 0.29) is 18.9 Å². The first kappa shape index (κ1) is 11.1. The van der Waals surface area contributed by atoms with Crippen LogP contribution in [0.15, 0.2) is 11.5 Å². The summed E-state index contributed by atoms with van der Waals surface area (Å²) in [6, 6.07) is 0. The topological polar surface area (TPSA) is 57.2 Å². The third-order valence-corrected chi connectivity index (χ3v) is 0.908. The van der Waals surface area contributed by atoms with Gasteiger partial charge in [-0.05, 0) is 6.92 Å². The molecule has 8 heavy (non-hydrogen) atoms. The summed E-state index contributed by atoms with van der Waals surface area (Å²) in [5.41, 5.74) is 0. The molecule has 0 bridgehead atoms. The molecule has 42 valence electrons. The molecule has 0 amide bonds. The maximum absolute atomic E-state index is 9.59. The van der Waals surface area contributed by atoms with Gasteiger partial charge in [0.2, 0.25) is 0 Å². The van der Waals surface area contributed by atoms with Crippen LogP contribution < -0.4 is 18.9 Å². The molecule has 0 saturated heterocycles. The van der Waals surface area contributed by atoms with Crippen molar-refractivity contribution in [3.05, 3.63) is 11.5 Å². The van der Waals surface area contributed by atoms with Crippen LogP contribution in [0.3, 0.4) is 0 Å². The van der Waals surface area contributed by atoms with Gasteiger partial charge in [-0.3, -0.25) is 0 Å². The molecule has 0 heterocycles. The van der Waals surface area contributed by atoms with Gasteiger partial charge in [0.25, 0.3) is 0 Å². The summed E-state index contributed by atoms with van der Waals surface area (Å²) < 4.78 is 28.8. The second-order valence-electron chi connectivity index (χ2n) is 0.962. The fourth-order valence-corrected chi connectivity index (χ4v) is 0.500. The van der Waals surface area contributed by atoms with Crippen molar-refractivity contribution in [2.24, 2.45) is 0 Å². The van der Waals surface area contributed by atoms with Crippen molar-refractivity contribution in [1.29, 1.82) is 0 Å².